The van der Waals surface area contributed by atoms with Gasteiger partial charge in [0, 0.05) is 24.9 Å². The third-order valence-electron chi connectivity index (χ3n) is 5.41. The van der Waals surface area contributed by atoms with Crippen molar-refractivity contribution in [2.45, 2.75) is 46.6 Å². The van der Waals surface area contributed by atoms with Crippen molar-refractivity contribution in [1.29, 1.82) is 0 Å². The maximum Gasteiger partial charge on any atom is 0.242 e. The van der Waals surface area contributed by atoms with E-state index in [1.54, 1.807) is 16.2 Å². The molecule has 1 aromatic carbocycles. The molecule has 0 fully saturated rings. The van der Waals surface area contributed by atoms with Crippen LogP contribution in [-0.4, -0.2) is 47.9 Å². The van der Waals surface area contributed by atoms with Crippen LogP contribution in [0.15, 0.2) is 29.6 Å². The minimum atomic E-state index is -0.131. The molecule has 1 aliphatic rings. The van der Waals surface area contributed by atoms with Gasteiger partial charge in [-0.3, -0.25) is 9.59 Å². The first-order valence-corrected chi connectivity index (χ1v) is 11.1. The molecule has 2 aromatic rings. The van der Waals surface area contributed by atoms with Crippen molar-refractivity contribution in [1.82, 2.24) is 9.80 Å². The summed E-state index contributed by atoms with van der Waals surface area (Å²) in [7, 11) is 0. The van der Waals surface area contributed by atoms with Gasteiger partial charge in [-0.2, -0.15) is 0 Å². The summed E-state index contributed by atoms with van der Waals surface area (Å²) in [5, 5.41) is 2.09. The van der Waals surface area contributed by atoms with Crippen molar-refractivity contribution >= 4 is 23.2 Å². The van der Waals surface area contributed by atoms with Crippen LogP contribution in [0.1, 0.15) is 47.9 Å². The lowest BCUT2D eigenvalue weighted by Crippen LogP contribution is -2.47. The molecule has 0 bridgehead atoms. The zero-order chi connectivity index (χ0) is 21.0. The molecule has 5 nitrogen and oxygen atoms in total. The lowest BCUT2D eigenvalue weighted by atomic mass is 10.00. The number of hydrogen-bond donors (Lipinski definition) is 0. The number of carbonyl (C=O) groups is 2. The van der Waals surface area contributed by atoms with Gasteiger partial charge in [-0.1, -0.05) is 24.6 Å². The van der Waals surface area contributed by atoms with Crippen molar-refractivity contribution in [3.05, 3.63) is 51.2 Å². The maximum atomic E-state index is 13.1. The molecular formula is C23H30N2O3S. The van der Waals surface area contributed by atoms with Gasteiger partial charge in [0.05, 0.1) is 12.6 Å². The van der Waals surface area contributed by atoms with Gasteiger partial charge >= 0.3 is 0 Å². The van der Waals surface area contributed by atoms with E-state index in [9.17, 15) is 9.59 Å². The number of rotatable bonds is 7. The molecule has 0 unspecified atom stereocenters. The van der Waals surface area contributed by atoms with Crippen LogP contribution in [0.25, 0.3) is 0 Å². The maximum absolute atomic E-state index is 13.1. The molecule has 0 aliphatic carbocycles. The fraction of sp³-hybridized carbons (Fsp3) is 0.478. The van der Waals surface area contributed by atoms with Crippen molar-refractivity contribution < 1.29 is 14.3 Å². The second kappa shape index (κ2) is 9.44. The molecule has 0 N–H and O–H groups in total. The molecule has 0 saturated carbocycles. The van der Waals surface area contributed by atoms with Gasteiger partial charge < -0.3 is 14.5 Å². The SMILES string of the molecule is CCCN(CC(=O)N1CCc2sccc2[C@H]1COc1ccc(C)cc1C)C(C)=O. The van der Waals surface area contributed by atoms with E-state index in [-0.39, 0.29) is 24.4 Å². The summed E-state index contributed by atoms with van der Waals surface area (Å²) in [5.74, 6) is 0.776. The summed E-state index contributed by atoms with van der Waals surface area (Å²) >= 11 is 1.74. The molecule has 1 aliphatic heterocycles. The summed E-state index contributed by atoms with van der Waals surface area (Å²) in [5.41, 5.74) is 3.46. The van der Waals surface area contributed by atoms with Crippen LogP contribution in [-0.2, 0) is 16.0 Å². The number of aryl methyl sites for hydroxylation is 2. The van der Waals surface area contributed by atoms with E-state index in [1.165, 1.54) is 22.9 Å². The molecule has 1 aromatic heterocycles. The number of hydrogen-bond acceptors (Lipinski definition) is 4. The average molecular weight is 415 g/mol. The number of carbonyl (C=O) groups excluding carboxylic acids is 2. The third-order valence-corrected chi connectivity index (χ3v) is 6.40. The summed E-state index contributed by atoms with van der Waals surface area (Å²) in [6.45, 7) is 9.43. The minimum absolute atomic E-state index is 0.0141. The van der Waals surface area contributed by atoms with Crippen LogP contribution in [0, 0.1) is 13.8 Å². The molecule has 0 saturated heterocycles. The van der Waals surface area contributed by atoms with Gasteiger partial charge in [0.2, 0.25) is 11.8 Å². The first-order chi connectivity index (χ1) is 13.9. The fourth-order valence-corrected chi connectivity index (χ4v) is 4.80. The largest absolute Gasteiger partial charge is 0.491 e. The van der Waals surface area contributed by atoms with E-state index in [2.05, 4.69) is 24.4 Å². The Morgan fingerprint density at radius 1 is 1.28 bits per heavy atom. The van der Waals surface area contributed by atoms with Crippen LogP contribution in [0.3, 0.4) is 0 Å². The van der Waals surface area contributed by atoms with Crippen molar-refractivity contribution in [3.63, 3.8) is 0 Å². The zero-order valence-electron chi connectivity index (χ0n) is 17.7. The number of amides is 2. The standard InChI is InChI=1S/C23H30N2O3S/c1-5-10-24(18(4)26)14-23(27)25-11-8-22-19(9-12-29-22)20(25)15-28-21-7-6-16(2)13-17(21)3/h6-7,9,12-13,20H,5,8,10-11,14-15H2,1-4H3/t20-/m1/s1. The highest BCUT2D eigenvalue weighted by molar-refractivity contribution is 7.10. The van der Waals surface area contributed by atoms with E-state index in [4.69, 9.17) is 4.74 Å². The Kier molecular flexibility index (Phi) is 6.96. The molecule has 156 valence electrons. The lowest BCUT2D eigenvalue weighted by molar-refractivity contribution is -0.141. The second-order valence-corrected chi connectivity index (χ2v) is 8.67. The minimum Gasteiger partial charge on any atom is -0.491 e. The van der Waals surface area contributed by atoms with Gasteiger partial charge in [0.1, 0.15) is 12.4 Å². The number of benzene rings is 1. The molecule has 0 radical (unpaired) electrons. The fourth-order valence-electron chi connectivity index (χ4n) is 3.88. The normalized spacial score (nSPS) is 15.7. The summed E-state index contributed by atoms with van der Waals surface area (Å²) in [6, 6.07) is 8.10. The van der Waals surface area contributed by atoms with E-state index >= 15 is 0 Å². The Bertz CT molecular complexity index is 877. The first-order valence-electron chi connectivity index (χ1n) is 10.2. The average Bonchev–Trinajstić information content (AvgIpc) is 3.15. The lowest BCUT2D eigenvalue weighted by Gasteiger charge is -2.37. The highest BCUT2D eigenvalue weighted by atomic mass is 32.1. The molecule has 2 heterocycles. The highest BCUT2D eigenvalue weighted by Gasteiger charge is 2.33. The zero-order valence-corrected chi connectivity index (χ0v) is 18.6. The molecule has 1 atom stereocenters. The van der Waals surface area contributed by atoms with Crippen LogP contribution in [0.4, 0.5) is 0 Å². The van der Waals surface area contributed by atoms with E-state index in [0.717, 1.165) is 24.2 Å². The van der Waals surface area contributed by atoms with Gasteiger partial charge in [0.15, 0.2) is 0 Å². The van der Waals surface area contributed by atoms with Crippen LogP contribution in [0.5, 0.6) is 5.75 Å². The Morgan fingerprint density at radius 3 is 2.76 bits per heavy atom. The van der Waals surface area contributed by atoms with Crippen LogP contribution in [0.2, 0.25) is 0 Å². The predicted octanol–water partition coefficient (Wildman–Crippen LogP) is 4.13. The molecule has 3 rings (SSSR count). The van der Waals surface area contributed by atoms with E-state index < -0.39 is 0 Å². The number of thiophene rings is 1. The smallest absolute Gasteiger partial charge is 0.242 e. The van der Waals surface area contributed by atoms with E-state index in [0.29, 0.717) is 19.7 Å². The quantitative estimate of drug-likeness (QED) is 0.685. The first kappa shape index (κ1) is 21.4. The van der Waals surface area contributed by atoms with Crippen molar-refractivity contribution in [2.75, 3.05) is 26.2 Å². The number of nitrogens with zero attached hydrogens (tertiary/aromatic N) is 2. The Balaban J connectivity index is 1.78. The molecule has 0 spiro atoms. The third kappa shape index (κ3) is 4.99. The molecular weight excluding hydrogens is 384 g/mol. The monoisotopic (exact) mass is 414 g/mol. The van der Waals surface area contributed by atoms with Gasteiger partial charge in [-0.25, -0.2) is 0 Å². The Morgan fingerprint density at radius 2 is 2.07 bits per heavy atom. The number of ether oxygens (including phenoxy) is 1. The van der Waals surface area contributed by atoms with Gasteiger partial charge in [-0.05, 0) is 55.3 Å². The van der Waals surface area contributed by atoms with E-state index in [1.807, 2.05) is 30.9 Å². The van der Waals surface area contributed by atoms with Crippen molar-refractivity contribution in [2.24, 2.45) is 0 Å². The molecule has 6 heteroatoms. The van der Waals surface area contributed by atoms with Gasteiger partial charge in [0.25, 0.3) is 0 Å². The van der Waals surface area contributed by atoms with Crippen molar-refractivity contribution in [3.8, 4) is 5.75 Å². The highest BCUT2D eigenvalue weighted by Crippen LogP contribution is 2.34. The second-order valence-electron chi connectivity index (χ2n) is 7.67. The van der Waals surface area contributed by atoms with Gasteiger partial charge in [-0.15, -0.1) is 11.3 Å². The Hall–Kier alpha value is -2.34. The molecule has 2 amide bonds. The summed E-state index contributed by atoms with van der Waals surface area (Å²) in [6.07, 6.45) is 1.69. The number of fused-ring (bicyclic) bond motifs is 1. The van der Waals surface area contributed by atoms with Crippen LogP contribution < -0.4 is 4.74 Å². The predicted molar refractivity (Wildman–Crippen MR) is 116 cm³/mol. The van der Waals surface area contributed by atoms with Crippen LogP contribution >= 0.6 is 11.3 Å². The topological polar surface area (TPSA) is 49.9 Å². The summed E-state index contributed by atoms with van der Waals surface area (Å²) < 4.78 is 6.17. The Labute approximate surface area is 177 Å². The molecule has 29 heavy (non-hydrogen) atoms. The summed E-state index contributed by atoms with van der Waals surface area (Å²) in [4.78, 5) is 29.9.